The minimum atomic E-state index is 0.0468. The van der Waals surface area contributed by atoms with E-state index >= 15 is 0 Å². The smallest absolute Gasteiger partial charge is 0.224 e. The highest BCUT2D eigenvalue weighted by molar-refractivity contribution is 5.45. The van der Waals surface area contributed by atoms with Crippen molar-refractivity contribution in [3.8, 4) is 0 Å². The maximum atomic E-state index is 9.05. The van der Waals surface area contributed by atoms with Gasteiger partial charge in [-0.05, 0) is 13.3 Å². The maximum Gasteiger partial charge on any atom is 0.224 e. The number of aliphatic hydroxyl groups excluding tert-OH is 1. The van der Waals surface area contributed by atoms with E-state index in [1.165, 1.54) is 0 Å². The summed E-state index contributed by atoms with van der Waals surface area (Å²) in [5, 5.41) is 12.1. The van der Waals surface area contributed by atoms with Gasteiger partial charge in [-0.2, -0.15) is 4.98 Å². The summed E-state index contributed by atoms with van der Waals surface area (Å²) in [6.07, 6.45) is 4.78. The Hall–Kier alpha value is -2.19. The minimum Gasteiger partial charge on any atom is -0.395 e. The molecule has 3 heterocycles. The number of likely N-dealkylation sites (N-methyl/N-ethyl adjacent to an activating group) is 1. The topological polar surface area (TPSA) is 88.3 Å². The van der Waals surface area contributed by atoms with E-state index in [4.69, 9.17) is 9.84 Å². The molecule has 0 aromatic carbocycles. The molecule has 0 spiro atoms. The van der Waals surface area contributed by atoms with Gasteiger partial charge < -0.3 is 24.6 Å². The first-order chi connectivity index (χ1) is 12.2. The van der Waals surface area contributed by atoms with Crippen LogP contribution in [-0.2, 0) is 11.3 Å². The Morgan fingerprint density at radius 2 is 2.32 bits per heavy atom. The lowest BCUT2D eigenvalue weighted by Crippen LogP contribution is -2.25. The summed E-state index contributed by atoms with van der Waals surface area (Å²) in [5.41, 5.74) is 0.994. The molecule has 1 aliphatic rings. The monoisotopic (exact) mass is 346 g/mol. The van der Waals surface area contributed by atoms with E-state index in [0.717, 1.165) is 43.5 Å². The van der Waals surface area contributed by atoms with E-state index in [0.29, 0.717) is 25.0 Å². The van der Waals surface area contributed by atoms with Crippen LogP contribution in [-0.4, -0.2) is 64.6 Å². The summed E-state index contributed by atoms with van der Waals surface area (Å²) in [5.74, 6) is 2.74. The molecule has 0 unspecified atom stereocenters. The van der Waals surface area contributed by atoms with Gasteiger partial charge in [-0.15, -0.1) is 0 Å². The van der Waals surface area contributed by atoms with Gasteiger partial charge >= 0.3 is 0 Å². The van der Waals surface area contributed by atoms with Crippen LogP contribution in [0.3, 0.4) is 0 Å². The first kappa shape index (κ1) is 17.6. The lowest BCUT2D eigenvalue weighted by atomic mass is 10.0. The number of hydrogen-bond acceptors (Lipinski definition) is 7. The molecule has 136 valence electrons. The van der Waals surface area contributed by atoms with Crippen molar-refractivity contribution in [1.82, 2.24) is 19.5 Å². The van der Waals surface area contributed by atoms with Gasteiger partial charge in [0.1, 0.15) is 11.6 Å². The Balaban J connectivity index is 1.75. The van der Waals surface area contributed by atoms with Crippen molar-refractivity contribution < 1.29 is 9.84 Å². The molecule has 2 N–H and O–H groups in total. The number of ether oxygens (including phenoxy) is 1. The molecule has 0 radical (unpaired) electrons. The molecule has 0 amide bonds. The van der Waals surface area contributed by atoms with Crippen LogP contribution >= 0.6 is 0 Å². The Labute approximate surface area is 147 Å². The molecule has 3 rings (SSSR count). The zero-order valence-electron chi connectivity index (χ0n) is 14.9. The van der Waals surface area contributed by atoms with Gasteiger partial charge in [0.05, 0.1) is 18.9 Å². The number of hydrogen-bond donors (Lipinski definition) is 2. The molecule has 0 aliphatic carbocycles. The number of aryl methyl sites for hydroxylation is 1. The van der Waals surface area contributed by atoms with E-state index < -0.39 is 0 Å². The summed E-state index contributed by atoms with van der Waals surface area (Å²) >= 11 is 0. The van der Waals surface area contributed by atoms with Crippen LogP contribution in [0.15, 0.2) is 18.5 Å². The predicted molar refractivity (Wildman–Crippen MR) is 96.0 cm³/mol. The molecule has 0 bridgehead atoms. The molecular formula is C17H26N6O2. The summed E-state index contributed by atoms with van der Waals surface area (Å²) in [4.78, 5) is 15.6. The van der Waals surface area contributed by atoms with E-state index in [-0.39, 0.29) is 6.61 Å². The van der Waals surface area contributed by atoms with Crippen molar-refractivity contribution in [2.75, 3.05) is 50.2 Å². The number of anilines is 2. The molecule has 1 fully saturated rings. The molecule has 1 atom stereocenters. The number of aromatic nitrogens is 4. The van der Waals surface area contributed by atoms with E-state index in [1.54, 1.807) is 0 Å². The molecule has 0 saturated carbocycles. The summed E-state index contributed by atoms with van der Waals surface area (Å²) in [6, 6.07) is 2.05. The van der Waals surface area contributed by atoms with E-state index in [9.17, 15) is 0 Å². The number of aliphatic hydroxyl groups is 1. The normalized spacial score (nSPS) is 17.0. The molecule has 1 aliphatic heterocycles. The third kappa shape index (κ3) is 4.46. The van der Waals surface area contributed by atoms with Crippen molar-refractivity contribution in [3.05, 3.63) is 30.0 Å². The Kier molecular flexibility index (Phi) is 5.83. The Morgan fingerprint density at radius 3 is 3.00 bits per heavy atom. The van der Waals surface area contributed by atoms with Crippen molar-refractivity contribution in [3.63, 3.8) is 0 Å². The molecule has 2 aromatic heterocycles. The van der Waals surface area contributed by atoms with Crippen LogP contribution in [0.5, 0.6) is 0 Å². The highest BCUT2D eigenvalue weighted by Crippen LogP contribution is 2.27. The van der Waals surface area contributed by atoms with Crippen molar-refractivity contribution in [1.29, 1.82) is 0 Å². The highest BCUT2D eigenvalue weighted by atomic mass is 16.5. The number of nitrogens with zero attached hydrogens (tertiary/aromatic N) is 5. The molecule has 8 heteroatoms. The number of rotatable bonds is 8. The second-order valence-corrected chi connectivity index (χ2v) is 6.27. The molecule has 8 nitrogen and oxygen atoms in total. The lowest BCUT2D eigenvalue weighted by Gasteiger charge is -2.21. The third-order valence-corrected chi connectivity index (χ3v) is 4.47. The second kappa shape index (κ2) is 8.26. The SMILES string of the molecule is Cc1nccn1CCN(C)c1cc([C@@H]2CCOC2)nc(NCCO)n1. The van der Waals surface area contributed by atoms with Crippen LogP contribution in [0.2, 0.25) is 0 Å². The zero-order chi connectivity index (χ0) is 17.6. The van der Waals surface area contributed by atoms with Gasteiger partial charge in [0, 0.05) is 57.7 Å². The van der Waals surface area contributed by atoms with Crippen molar-refractivity contribution in [2.45, 2.75) is 25.8 Å². The van der Waals surface area contributed by atoms with Crippen molar-refractivity contribution in [2.24, 2.45) is 0 Å². The highest BCUT2D eigenvalue weighted by Gasteiger charge is 2.21. The summed E-state index contributed by atoms with van der Waals surface area (Å²) in [6.45, 7) is 5.61. The summed E-state index contributed by atoms with van der Waals surface area (Å²) < 4.78 is 7.62. The second-order valence-electron chi connectivity index (χ2n) is 6.27. The molecule has 1 saturated heterocycles. The average molecular weight is 346 g/mol. The fraction of sp³-hybridized carbons (Fsp3) is 0.588. The first-order valence-corrected chi connectivity index (χ1v) is 8.67. The summed E-state index contributed by atoms with van der Waals surface area (Å²) in [7, 11) is 2.03. The van der Waals surface area contributed by atoms with Crippen LogP contribution in [0.25, 0.3) is 0 Å². The van der Waals surface area contributed by atoms with Gasteiger partial charge in [0.2, 0.25) is 5.95 Å². The van der Waals surface area contributed by atoms with Gasteiger partial charge in [-0.3, -0.25) is 0 Å². The Morgan fingerprint density at radius 1 is 1.44 bits per heavy atom. The van der Waals surface area contributed by atoms with Gasteiger partial charge in [-0.25, -0.2) is 9.97 Å². The standard InChI is InChI=1S/C17H26N6O2/c1-13-18-4-6-23(13)8-7-22(2)16-11-15(14-3-10-25-12-14)20-17(21-16)19-5-9-24/h4,6,11,14,24H,3,5,7-10,12H2,1-2H3,(H,19,20,21)/t14-/m1/s1. The van der Waals surface area contributed by atoms with E-state index in [2.05, 4.69) is 29.7 Å². The zero-order valence-corrected chi connectivity index (χ0v) is 14.9. The molecule has 25 heavy (non-hydrogen) atoms. The van der Waals surface area contributed by atoms with Gasteiger partial charge in [0.25, 0.3) is 0 Å². The third-order valence-electron chi connectivity index (χ3n) is 4.47. The first-order valence-electron chi connectivity index (χ1n) is 8.67. The van der Waals surface area contributed by atoms with Crippen LogP contribution < -0.4 is 10.2 Å². The minimum absolute atomic E-state index is 0.0468. The quantitative estimate of drug-likeness (QED) is 0.738. The van der Waals surface area contributed by atoms with Crippen molar-refractivity contribution >= 4 is 11.8 Å². The fourth-order valence-electron chi connectivity index (χ4n) is 2.88. The molecule has 2 aromatic rings. The van der Waals surface area contributed by atoms with Crippen LogP contribution in [0, 0.1) is 6.92 Å². The fourth-order valence-corrected chi connectivity index (χ4v) is 2.88. The van der Waals surface area contributed by atoms with Gasteiger partial charge in [0.15, 0.2) is 0 Å². The lowest BCUT2D eigenvalue weighted by molar-refractivity contribution is 0.193. The Bertz CT molecular complexity index is 684. The largest absolute Gasteiger partial charge is 0.395 e. The predicted octanol–water partition coefficient (Wildman–Crippen LogP) is 1.03. The number of nitrogens with one attached hydrogen (secondary N) is 1. The van der Waals surface area contributed by atoms with Gasteiger partial charge in [-0.1, -0.05) is 0 Å². The maximum absolute atomic E-state index is 9.05. The molecular weight excluding hydrogens is 320 g/mol. The van der Waals surface area contributed by atoms with Crippen LogP contribution in [0.4, 0.5) is 11.8 Å². The average Bonchev–Trinajstić information content (AvgIpc) is 3.29. The van der Waals surface area contributed by atoms with Crippen LogP contribution in [0.1, 0.15) is 23.9 Å². The number of imidazole rings is 1. The van der Waals surface area contributed by atoms with E-state index in [1.807, 2.05) is 32.4 Å².